The molecular formula is C20H25F3N4O2+2. The van der Waals surface area contributed by atoms with Gasteiger partial charge in [0.2, 0.25) is 0 Å². The van der Waals surface area contributed by atoms with E-state index in [4.69, 9.17) is 0 Å². The number of halogens is 3. The summed E-state index contributed by atoms with van der Waals surface area (Å²) in [7, 11) is 0. The van der Waals surface area contributed by atoms with Gasteiger partial charge in [-0.2, -0.15) is 13.2 Å². The van der Waals surface area contributed by atoms with Crippen LogP contribution in [0.3, 0.4) is 0 Å². The highest BCUT2D eigenvalue weighted by molar-refractivity contribution is 5.94. The van der Waals surface area contributed by atoms with E-state index in [-0.39, 0.29) is 6.54 Å². The second-order valence-corrected chi connectivity index (χ2v) is 7.34. The van der Waals surface area contributed by atoms with Crippen LogP contribution in [0.25, 0.3) is 10.8 Å². The molecule has 0 unspecified atom stereocenters. The van der Waals surface area contributed by atoms with Crippen molar-refractivity contribution in [2.45, 2.75) is 12.7 Å². The summed E-state index contributed by atoms with van der Waals surface area (Å²) in [5, 5.41) is 6.05. The predicted octanol–water partition coefficient (Wildman–Crippen LogP) is -0.489. The summed E-state index contributed by atoms with van der Waals surface area (Å²) in [6.07, 6.45) is -4.51. The van der Waals surface area contributed by atoms with Gasteiger partial charge in [0.25, 0.3) is 5.91 Å². The fraction of sp³-hybridized carbons (Fsp3) is 0.400. The van der Waals surface area contributed by atoms with Crippen LogP contribution in [0.1, 0.15) is 5.56 Å². The van der Waals surface area contributed by atoms with Crippen molar-refractivity contribution < 1.29 is 32.6 Å². The Labute approximate surface area is 166 Å². The number of benzene rings is 2. The summed E-state index contributed by atoms with van der Waals surface area (Å²) in [6, 6.07) is 13.5. The zero-order chi connectivity index (χ0) is 20.9. The fourth-order valence-electron chi connectivity index (χ4n) is 3.65. The molecule has 0 bridgehead atoms. The Morgan fingerprint density at radius 3 is 2.31 bits per heavy atom. The van der Waals surface area contributed by atoms with Crippen LogP contribution in [0.15, 0.2) is 42.5 Å². The van der Waals surface area contributed by atoms with Crippen LogP contribution in [0.4, 0.5) is 18.0 Å². The van der Waals surface area contributed by atoms with Gasteiger partial charge in [-0.3, -0.25) is 10.1 Å². The van der Waals surface area contributed by atoms with E-state index in [1.54, 1.807) is 5.32 Å². The Kier molecular flexibility index (Phi) is 6.71. The lowest BCUT2D eigenvalue weighted by Crippen LogP contribution is -3.28. The molecule has 1 fully saturated rings. The maximum absolute atomic E-state index is 12.1. The number of rotatable bonds is 5. The van der Waals surface area contributed by atoms with Crippen molar-refractivity contribution >= 4 is 22.7 Å². The van der Waals surface area contributed by atoms with Crippen molar-refractivity contribution in [1.82, 2.24) is 10.6 Å². The molecule has 9 heteroatoms. The van der Waals surface area contributed by atoms with Crippen molar-refractivity contribution in [2.75, 3.05) is 39.3 Å². The minimum Gasteiger partial charge on any atom is -0.329 e. The van der Waals surface area contributed by atoms with Crippen molar-refractivity contribution in [3.05, 3.63) is 48.0 Å². The van der Waals surface area contributed by atoms with Crippen LogP contribution in [-0.4, -0.2) is 57.4 Å². The summed E-state index contributed by atoms with van der Waals surface area (Å²) < 4.78 is 36.2. The van der Waals surface area contributed by atoms with Gasteiger partial charge < -0.3 is 15.1 Å². The Hall–Kier alpha value is -2.65. The number of piperazine rings is 1. The first-order chi connectivity index (χ1) is 13.8. The van der Waals surface area contributed by atoms with Gasteiger partial charge in [-0.15, -0.1) is 0 Å². The molecule has 29 heavy (non-hydrogen) atoms. The standard InChI is InChI=1S/C20H23F3N4O2/c21-20(22,23)14-24-19(29)25-18(28)13-27-10-8-26(9-11-27)12-16-6-3-5-15-4-1-2-7-17(15)16/h1-7H,8-14H2,(H2,24,25,28,29)/p+2. The maximum atomic E-state index is 12.1. The molecule has 1 saturated heterocycles. The molecule has 0 aliphatic carbocycles. The summed E-state index contributed by atoms with van der Waals surface area (Å²) in [4.78, 5) is 25.7. The Morgan fingerprint density at radius 1 is 0.931 bits per heavy atom. The number of nitrogens with one attached hydrogen (secondary N) is 4. The number of fused-ring (bicyclic) bond motifs is 1. The maximum Gasteiger partial charge on any atom is 0.405 e. The van der Waals surface area contributed by atoms with Gasteiger partial charge in [0.1, 0.15) is 39.3 Å². The third-order valence-electron chi connectivity index (χ3n) is 5.10. The molecule has 0 atom stereocenters. The summed E-state index contributed by atoms with van der Waals surface area (Å²) >= 11 is 0. The molecule has 2 aromatic carbocycles. The molecule has 6 nitrogen and oxygen atoms in total. The van der Waals surface area contributed by atoms with Crippen LogP contribution in [0.5, 0.6) is 0 Å². The fourth-order valence-corrected chi connectivity index (χ4v) is 3.65. The van der Waals surface area contributed by atoms with Crippen LogP contribution in [-0.2, 0) is 11.3 Å². The molecule has 1 heterocycles. The van der Waals surface area contributed by atoms with E-state index in [1.807, 2.05) is 17.4 Å². The highest BCUT2D eigenvalue weighted by Gasteiger charge is 2.29. The van der Waals surface area contributed by atoms with Crippen molar-refractivity contribution in [1.29, 1.82) is 0 Å². The topological polar surface area (TPSA) is 67.1 Å². The Morgan fingerprint density at radius 2 is 1.59 bits per heavy atom. The van der Waals surface area contributed by atoms with Gasteiger partial charge in [-0.1, -0.05) is 42.5 Å². The SMILES string of the molecule is O=C(C[NH+]1CC[NH+](Cc2cccc3ccccc23)CC1)NC(=O)NCC(F)(F)F. The third-order valence-corrected chi connectivity index (χ3v) is 5.10. The summed E-state index contributed by atoms with van der Waals surface area (Å²) in [5.74, 6) is -0.572. The lowest BCUT2D eigenvalue weighted by atomic mass is 10.0. The zero-order valence-electron chi connectivity index (χ0n) is 15.9. The smallest absolute Gasteiger partial charge is 0.329 e. The molecule has 0 spiro atoms. The highest BCUT2D eigenvalue weighted by Crippen LogP contribution is 2.17. The molecule has 156 valence electrons. The molecule has 4 N–H and O–H groups in total. The summed E-state index contributed by atoms with van der Waals surface area (Å²) in [5.41, 5.74) is 1.29. The van der Waals surface area contributed by atoms with E-state index in [0.29, 0.717) is 0 Å². The van der Waals surface area contributed by atoms with E-state index < -0.39 is 24.7 Å². The largest absolute Gasteiger partial charge is 0.405 e. The molecule has 0 radical (unpaired) electrons. The molecular weight excluding hydrogens is 385 g/mol. The molecule has 2 aromatic rings. The first kappa shape index (κ1) is 21.1. The van der Waals surface area contributed by atoms with Crippen LogP contribution < -0.4 is 20.4 Å². The number of carbonyl (C=O) groups excluding carboxylic acids is 2. The predicted molar refractivity (Wildman–Crippen MR) is 102 cm³/mol. The average molecular weight is 410 g/mol. The number of carbonyl (C=O) groups is 2. The van der Waals surface area contributed by atoms with Gasteiger partial charge in [-0.25, -0.2) is 4.79 Å². The lowest BCUT2D eigenvalue weighted by molar-refractivity contribution is -1.02. The van der Waals surface area contributed by atoms with Crippen molar-refractivity contribution in [3.63, 3.8) is 0 Å². The number of amides is 3. The first-order valence-corrected chi connectivity index (χ1v) is 9.58. The van der Waals surface area contributed by atoms with E-state index in [2.05, 4.69) is 30.3 Å². The number of hydrogen-bond donors (Lipinski definition) is 4. The highest BCUT2D eigenvalue weighted by atomic mass is 19.4. The number of alkyl halides is 3. The van der Waals surface area contributed by atoms with Gasteiger partial charge in [-0.05, 0) is 10.8 Å². The summed E-state index contributed by atoms with van der Waals surface area (Å²) in [6.45, 7) is 2.80. The number of urea groups is 1. The number of quaternary nitrogens is 2. The van der Waals surface area contributed by atoms with Crippen LogP contribution in [0, 0.1) is 0 Å². The van der Waals surface area contributed by atoms with Crippen molar-refractivity contribution in [3.8, 4) is 0 Å². The van der Waals surface area contributed by atoms with E-state index in [1.165, 1.54) is 21.2 Å². The zero-order valence-corrected chi connectivity index (χ0v) is 15.9. The number of hydrogen-bond acceptors (Lipinski definition) is 2. The Balaban J connectivity index is 1.43. The van der Waals surface area contributed by atoms with Crippen molar-refractivity contribution in [2.24, 2.45) is 0 Å². The normalized spacial score (nSPS) is 19.7. The minimum absolute atomic E-state index is 0.0704. The molecule has 1 aliphatic heterocycles. The van der Waals surface area contributed by atoms with E-state index in [0.717, 1.165) is 37.6 Å². The second-order valence-electron chi connectivity index (χ2n) is 7.34. The molecule has 3 amide bonds. The van der Waals surface area contributed by atoms with Gasteiger partial charge in [0.05, 0.1) is 0 Å². The first-order valence-electron chi connectivity index (χ1n) is 9.58. The van der Waals surface area contributed by atoms with Gasteiger partial charge in [0, 0.05) is 5.56 Å². The van der Waals surface area contributed by atoms with Crippen LogP contribution >= 0.6 is 0 Å². The lowest BCUT2D eigenvalue weighted by Gasteiger charge is -2.29. The quantitative estimate of drug-likeness (QED) is 0.538. The number of imide groups is 1. The van der Waals surface area contributed by atoms with E-state index in [9.17, 15) is 22.8 Å². The monoisotopic (exact) mass is 410 g/mol. The molecule has 3 rings (SSSR count). The second kappa shape index (κ2) is 9.23. The molecule has 0 saturated carbocycles. The molecule has 0 aromatic heterocycles. The van der Waals surface area contributed by atoms with Gasteiger partial charge >= 0.3 is 12.2 Å². The minimum atomic E-state index is -4.51. The Bertz CT molecular complexity index is 859. The van der Waals surface area contributed by atoms with E-state index >= 15 is 0 Å². The van der Waals surface area contributed by atoms with Crippen LogP contribution in [0.2, 0.25) is 0 Å². The molecule has 1 aliphatic rings. The third kappa shape index (κ3) is 6.43. The van der Waals surface area contributed by atoms with Gasteiger partial charge in [0.15, 0.2) is 6.54 Å². The average Bonchev–Trinajstić information content (AvgIpc) is 2.68.